The van der Waals surface area contributed by atoms with Gasteiger partial charge in [-0.1, -0.05) is 316 Å². The lowest BCUT2D eigenvalue weighted by Gasteiger charge is -2.18. The first kappa shape index (κ1) is 78.8. The molecule has 0 aliphatic heterocycles. The Labute approximate surface area is 513 Å². The Hall–Kier alpha value is -4.19. The van der Waals surface area contributed by atoms with Gasteiger partial charge in [0.2, 0.25) is 0 Å². The van der Waals surface area contributed by atoms with Crippen LogP contribution >= 0.6 is 0 Å². The molecule has 0 aromatic heterocycles. The average Bonchev–Trinajstić information content (AvgIpc) is 3.49. The molecule has 0 aliphatic rings. The van der Waals surface area contributed by atoms with Gasteiger partial charge < -0.3 is 14.2 Å². The van der Waals surface area contributed by atoms with E-state index in [1.807, 2.05) is 0 Å². The molecule has 0 bridgehead atoms. The van der Waals surface area contributed by atoms with Gasteiger partial charge in [0.1, 0.15) is 13.2 Å². The zero-order valence-electron chi connectivity index (χ0n) is 54.4. The van der Waals surface area contributed by atoms with Crippen molar-refractivity contribution in [2.45, 2.75) is 335 Å². The Kier molecular flexibility index (Phi) is 66.7. The summed E-state index contributed by atoms with van der Waals surface area (Å²) in [5, 5.41) is 0. The Morgan fingerprint density at radius 3 is 0.759 bits per heavy atom. The molecule has 0 aromatic carbocycles. The summed E-state index contributed by atoms with van der Waals surface area (Å²) < 4.78 is 16.9. The van der Waals surface area contributed by atoms with Gasteiger partial charge in [0.05, 0.1) is 0 Å². The first-order valence-corrected chi connectivity index (χ1v) is 35.0. The number of carbonyl (C=O) groups is 3. The van der Waals surface area contributed by atoms with Crippen molar-refractivity contribution in [3.8, 4) is 0 Å². The highest BCUT2D eigenvalue weighted by Gasteiger charge is 2.19. The van der Waals surface area contributed by atoms with Crippen LogP contribution in [0.1, 0.15) is 329 Å². The van der Waals surface area contributed by atoms with E-state index in [-0.39, 0.29) is 31.1 Å². The van der Waals surface area contributed by atoms with E-state index in [2.05, 4.69) is 142 Å². The third-order valence-electron chi connectivity index (χ3n) is 15.0. The van der Waals surface area contributed by atoms with Crippen molar-refractivity contribution in [2.24, 2.45) is 0 Å². The Bertz CT molecular complexity index is 1700. The van der Waals surface area contributed by atoms with Gasteiger partial charge in [-0.2, -0.15) is 0 Å². The Morgan fingerprint density at radius 1 is 0.253 bits per heavy atom. The van der Waals surface area contributed by atoms with Crippen LogP contribution in [0.15, 0.2) is 122 Å². The fourth-order valence-corrected chi connectivity index (χ4v) is 9.73. The lowest BCUT2D eigenvalue weighted by atomic mass is 10.0. The van der Waals surface area contributed by atoms with E-state index in [0.29, 0.717) is 19.3 Å². The quantitative estimate of drug-likeness (QED) is 0.0261. The van der Waals surface area contributed by atoms with Crippen LogP contribution in [0.2, 0.25) is 0 Å². The van der Waals surface area contributed by atoms with Crippen molar-refractivity contribution in [3.05, 3.63) is 122 Å². The smallest absolute Gasteiger partial charge is 0.306 e. The molecular formula is C77H130O6. The zero-order chi connectivity index (χ0) is 59.9. The van der Waals surface area contributed by atoms with E-state index >= 15 is 0 Å². The fourth-order valence-electron chi connectivity index (χ4n) is 9.73. The standard InChI is InChI=1S/C77H130O6/c1-4-7-10-13-16-19-22-25-28-30-32-34-35-36-37-38-39-40-41-42-43-44-46-47-49-52-55-58-61-64-67-70-76(79)82-73-74(72-81-75(78)69-66-63-60-57-54-51-27-24-21-18-15-12-9-6-3)83-77(80)71-68-65-62-59-56-53-50-48-45-33-31-29-26-23-20-17-14-11-8-5-2/h7,10,16,19,24-25,27-28,32,34,36-37,39-40,42-43,46-47,52,55,74H,4-6,8-9,11-15,17-18,20-23,26,29-31,33,35,38,41,44-45,48-51,53-54,56-73H2,1-3H3/b10-7-,19-16-,27-24-,28-25-,34-32-,37-36-,40-39-,43-42-,47-46-,55-52-. The fraction of sp³-hybridized carbons (Fsp3) is 0.701. The molecule has 0 radical (unpaired) electrons. The minimum atomic E-state index is -0.798. The number of ether oxygens (including phenoxy) is 3. The molecule has 0 aromatic rings. The van der Waals surface area contributed by atoms with E-state index in [1.165, 1.54) is 161 Å². The maximum atomic E-state index is 12.9. The maximum Gasteiger partial charge on any atom is 0.306 e. The van der Waals surface area contributed by atoms with Crippen LogP contribution in [0.5, 0.6) is 0 Å². The third kappa shape index (κ3) is 68.5. The van der Waals surface area contributed by atoms with Gasteiger partial charge in [-0.05, 0) is 116 Å². The molecule has 6 nitrogen and oxygen atoms in total. The van der Waals surface area contributed by atoms with Gasteiger partial charge >= 0.3 is 17.9 Å². The first-order valence-electron chi connectivity index (χ1n) is 35.0. The largest absolute Gasteiger partial charge is 0.462 e. The van der Waals surface area contributed by atoms with Crippen LogP contribution in [-0.2, 0) is 28.6 Å². The number of unbranched alkanes of at least 4 members (excludes halogenated alkanes) is 32. The summed E-state index contributed by atoms with van der Waals surface area (Å²) >= 11 is 0. The average molecular weight is 1150 g/mol. The van der Waals surface area contributed by atoms with E-state index in [1.54, 1.807) is 0 Å². The highest BCUT2D eigenvalue weighted by atomic mass is 16.6. The topological polar surface area (TPSA) is 78.9 Å². The molecule has 0 saturated heterocycles. The molecule has 0 fully saturated rings. The summed E-state index contributed by atoms with van der Waals surface area (Å²) in [4.78, 5) is 38.4. The van der Waals surface area contributed by atoms with Crippen LogP contribution < -0.4 is 0 Å². The first-order chi connectivity index (χ1) is 41.0. The molecule has 83 heavy (non-hydrogen) atoms. The van der Waals surface area contributed by atoms with E-state index in [0.717, 1.165) is 128 Å². The van der Waals surface area contributed by atoms with Gasteiger partial charge in [0.25, 0.3) is 0 Å². The van der Waals surface area contributed by atoms with Gasteiger partial charge in [-0.3, -0.25) is 14.4 Å². The number of esters is 3. The summed E-state index contributed by atoms with van der Waals surface area (Å²) in [6.07, 6.45) is 97.9. The maximum absolute atomic E-state index is 12.9. The van der Waals surface area contributed by atoms with E-state index < -0.39 is 6.10 Å². The van der Waals surface area contributed by atoms with Crippen molar-refractivity contribution in [3.63, 3.8) is 0 Å². The van der Waals surface area contributed by atoms with Crippen LogP contribution in [0.3, 0.4) is 0 Å². The summed E-state index contributed by atoms with van der Waals surface area (Å²) in [6.45, 7) is 6.52. The molecule has 0 spiro atoms. The van der Waals surface area contributed by atoms with Gasteiger partial charge in [0, 0.05) is 19.3 Å². The molecule has 0 aliphatic carbocycles. The van der Waals surface area contributed by atoms with Crippen LogP contribution in [0, 0.1) is 0 Å². The molecule has 474 valence electrons. The molecule has 0 rings (SSSR count). The molecule has 1 atom stereocenters. The van der Waals surface area contributed by atoms with Crippen molar-refractivity contribution in [2.75, 3.05) is 13.2 Å². The van der Waals surface area contributed by atoms with Crippen molar-refractivity contribution >= 4 is 17.9 Å². The van der Waals surface area contributed by atoms with Crippen LogP contribution in [0.4, 0.5) is 0 Å². The summed E-state index contributed by atoms with van der Waals surface area (Å²) in [7, 11) is 0. The zero-order valence-corrected chi connectivity index (χ0v) is 54.4. The van der Waals surface area contributed by atoms with Gasteiger partial charge in [0.15, 0.2) is 6.10 Å². The number of carbonyl (C=O) groups excluding carboxylic acids is 3. The highest BCUT2D eigenvalue weighted by Crippen LogP contribution is 2.17. The molecule has 0 amide bonds. The lowest BCUT2D eigenvalue weighted by Crippen LogP contribution is -2.30. The van der Waals surface area contributed by atoms with Crippen LogP contribution in [0.25, 0.3) is 0 Å². The molecule has 0 heterocycles. The number of hydrogen-bond donors (Lipinski definition) is 0. The lowest BCUT2D eigenvalue weighted by molar-refractivity contribution is -0.167. The molecule has 0 saturated carbocycles. The summed E-state index contributed by atoms with van der Waals surface area (Å²) in [6, 6.07) is 0. The predicted octanol–water partition coefficient (Wildman–Crippen LogP) is 24.3. The Morgan fingerprint density at radius 2 is 0.470 bits per heavy atom. The second kappa shape index (κ2) is 70.3. The minimum absolute atomic E-state index is 0.0919. The summed E-state index contributed by atoms with van der Waals surface area (Å²) in [5.74, 6) is -0.921. The minimum Gasteiger partial charge on any atom is -0.462 e. The van der Waals surface area contributed by atoms with Crippen molar-refractivity contribution < 1.29 is 28.6 Å². The highest BCUT2D eigenvalue weighted by molar-refractivity contribution is 5.71. The molecule has 1 unspecified atom stereocenters. The van der Waals surface area contributed by atoms with E-state index in [4.69, 9.17) is 14.2 Å². The second-order valence-corrected chi connectivity index (χ2v) is 23.1. The molecular weight excluding hydrogens is 1020 g/mol. The van der Waals surface area contributed by atoms with Gasteiger partial charge in [-0.15, -0.1) is 0 Å². The van der Waals surface area contributed by atoms with Crippen molar-refractivity contribution in [1.82, 2.24) is 0 Å². The Balaban J connectivity index is 4.39. The number of rotatable bonds is 63. The predicted molar refractivity (Wildman–Crippen MR) is 362 cm³/mol. The SMILES string of the molecule is CC/C=C\C/C=C\C/C=C\C/C=C\C/C=C\C/C=C\C/C=C\C/C=C\C/C=C\CCCCCC(=O)OCC(COC(=O)CCCCCCC/C=C\CCCCCCC)OC(=O)CCCCCCCCCCCCCCCCCCCCCC. The number of allylic oxidation sites excluding steroid dienone is 20. The molecule has 0 N–H and O–H groups in total. The second-order valence-electron chi connectivity index (χ2n) is 23.1. The molecule has 6 heteroatoms. The normalized spacial score (nSPS) is 12.9. The number of hydrogen-bond acceptors (Lipinski definition) is 6. The van der Waals surface area contributed by atoms with Crippen molar-refractivity contribution in [1.29, 1.82) is 0 Å². The monoisotopic (exact) mass is 1150 g/mol. The summed E-state index contributed by atoms with van der Waals surface area (Å²) in [5.41, 5.74) is 0. The van der Waals surface area contributed by atoms with Gasteiger partial charge in [-0.25, -0.2) is 0 Å². The van der Waals surface area contributed by atoms with Crippen LogP contribution in [-0.4, -0.2) is 37.2 Å². The van der Waals surface area contributed by atoms with E-state index in [9.17, 15) is 14.4 Å². The third-order valence-corrected chi connectivity index (χ3v) is 15.0.